The van der Waals surface area contributed by atoms with Gasteiger partial charge in [-0.1, -0.05) is 16.7 Å². The van der Waals surface area contributed by atoms with Gasteiger partial charge in [0.15, 0.2) is 16.9 Å². The molecule has 26 heteroatoms. The standard InChI is InChI=1S/C38H51FN6O6.C35H43N5O7S.2H2/c1-26(46)9-12-35(48)44-22-20-43(21-23-44)34(47)8-4-3-5-24-50-32-7-6-16-45-37(32)40-27(2)30(38(45)49)15-19-42-17-13-28(14-18-42)36-31-11-10-29(39)25-33(31)51-41-36;1-22(41)21-48-30-19-32(43)40(35(30)45)20-25(42)6-5-17-46-26-8-9-28-29(18-26)47-37-33(28)24-10-14-38(15-11-24)16-12-27-23(2)36-31-7-3-4-13-39(31)34(27)44;;/h10-11,25,28,32H,3-9,12-24H2,1-2H3;8-9,18,24,30H,3-7,10-17,19-21H2,1-2H3;2*1H. The second-order valence-corrected chi connectivity index (χ2v) is 28.6. The van der Waals surface area contributed by atoms with Crippen LogP contribution in [0.4, 0.5) is 4.39 Å². The number of Topliss-reactive ketones (excluding diaryl/α,β-unsaturated/α-hetero) is 3. The maximum Gasteiger partial charge on any atom is 0.257 e. The Kier molecular flexibility index (Phi) is 24.9. The molecule has 0 radical (unpaired) electrons. The molecule has 4 saturated heterocycles. The van der Waals surface area contributed by atoms with Crippen LogP contribution in [-0.2, 0) is 70.7 Å². The van der Waals surface area contributed by atoms with Crippen molar-refractivity contribution in [2.75, 3.05) is 91.0 Å². The molecule has 0 saturated carbocycles. The van der Waals surface area contributed by atoms with E-state index < -0.39 is 11.2 Å². The summed E-state index contributed by atoms with van der Waals surface area (Å²) in [7, 11) is 0. The summed E-state index contributed by atoms with van der Waals surface area (Å²) in [4.78, 5) is 130. The van der Waals surface area contributed by atoms with E-state index in [0.717, 1.165) is 196 Å². The van der Waals surface area contributed by atoms with Crippen molar-refractivity contribution in [3.05, 3.63) is 108 Å². The van der Waals surface area contributed by atoms with Gasteiger partial charge in [-0.25, -0.2) is 14.4 Å². The molecule has 0 N–H and O–H groups in total. The molecule has 4 fully saturated rings. The number of thioether (sulfide) groups is 1. The Morgan fingerprint density at radius 1 is 0.626 bits per heavy atom. The van der Waals surface area contributed by atoms with Crippen LogP contribution in [0.3, 0.4) is 0 Å². The van der Waals surface area contributed by atoms with Crippen molar-refractivity contribution in [3.8, 4) is 5.75 Å². The van der Waals surface area contributed by atoms with E-state index >= 15 is 0 Å². The fourth-order valence-electron chi connectivity index (χ4n) is 14.6. The van der Waals surface area contributed by atoms with Crippen molar-refractivity contribution in [2.45, 2.75) is 192 Å². The summed E-state index contributed by atoms with van der Waals surface area (Å²) in [5, 5.41) is 9.95. The van der Waals surface area contributed by atoms with E-state index in [0.29, 0.717) is 88.5 Å². The number of ether oxygens (including phenoxy) is 2. The fraction of sp³-hybridized carbons (Fsp3) is 0.603. The lowest BCUT2D eigenvalue weighted by Gasteiger charge is -2.35. The number of unbranched alkanes of at least 4 members (excludes halogenated alkanes) is 2. The zero-order chi connectivity index (χ0) is 69.7. The van der Waals surface area contributed by atoms with Crippen LogP contribution in [0.1, 0.15) is 189 Å². The van der Waals surface area contributed by atoms with E-state index in [1.54, 1.807) is 11.0 Å². The SMILES string of the molecule is CC(=O)CCC(=O)N1CCN(C(=O)CCCCCOC2CCCn3c2nc(C)c(CCN2CCC(c4noc5cc(F)ccc45)CC2)c3=O)CC1.CC(=O)CSC1CC(=O)N(CC(=O)CCCOc2ccc3c(C4CCN(CCc5c(C)nc6n(c5=O)CCCC6)CC4)noc3c2)C1=O.[HH].[HH]. The molecule has 0 spiro atoms. The molecule has 6 aliphatic rings. The lowest BCUT2D eigenvalue weighted by molar-refractivity contribution is -0.141. The van der Waals surface area contributed by atoms with Gasteiger partial charge in [0.1, 0.15) is 40.9 Å². The summed E-state index contributed by atoms with van der Waals surface area (Å²) < 4.78 is 40.5. The summed E-state index contributed by atoms with van der Waals surface area (Å²) in [5.41, 5.74) is 6.46. The van der Waals surface area contributed by atoms with Crippen molar-refractivity contribution in [1.29, 1.82) is 0 Å². The Hall–Kier alpha value is -7.81. The Bertz CT molecular complexity index is 4040. The number of likely N-dealkylation sites (tertiary alicyclic amines) is 3. The molecule has 6 aromatic rings. The minimum Gasteiger partial charge on any atom is -0.493 e. The largest absolute Gasteiger partial charge is 0.493 e. The highest BCUT2D eigenvalue weighted by atomic mass is 32.2. The van der Waals surface area contributed by atoms with Gasteiger partial charge in [-0.3, -0.25) is 52.4 Å². The number of nitrogens with zero attached hydrogens (tertiary/aromatic N) is 11. The van der Waals surface area contributed by atoms with Crippen LogP contribution in [0.2, 0.25) is 0 Å². The van der Waals surface area contributed by atoms with E-state index in [4.69, 9.17) is 28.5 Å². The van der Waals surface area contributed by atoms with Gasteiger partial charge in [0.2, 0.25) is 23.6 Å². The Morgan fingerprint density at radius 3 is 1.88 bits per heavy atom. The average molecular weight is 1390 g/mol. The van der Waals surface area contributed by atoms with Gasteiger partial charge in [0, 0.05) is 158 Å². The van der Waals surface area contributed by atoms with E-state index in [-0.39, 0.29) is 111 Å². The molecule has 99 heavy (non-hydrogen) atoms. The number of hydrogen-bond acceptors (Lipinski definition) is 20. The number of piperazine rings is 1. The Labute approximate surface area is 583 Å². The molecule has 0 bridgehead atoms. The molecule has 2 unspecified atom stereocenters. The van der Waals surface area contributed by atoms with Crippen molar-refractivity contribution in [3.63, 3.8) is 0 Å². The highest BCUT2D eigenvalue weighted by Gasteiger charge is 2.40. The van der Waals surface area contributed by atoms with Crippen LogP contribution in [0.15, 0.2) is 55.0 Å². The molecular weight excluding hydrogens is 1290 g/mol. The normalized spacial score (nSPS) is 18.8. The second kappa shape index (κ2) is 34.0. The monoisotopic (exact) mass is 1390 g/mol. The summed E-state index contributed by atoms with van der Waals surface area (Å²) >= 11 is 1.15. The number of hydrogen-bond donors (Lipinski definition) is 0. The molecule has 2 aromatic carbocycles. The van der Waals surface area contributed by atoms with Gasteiger partial charge >= 0.3 is 0 Å². The molecule has 24 nitrogen and oxygen atoms in total. The first-order chi connectivity index (χ1) is 47.8. The van der Waals surface area contributed by atoms with Crippen molar-refractivity contribution < 1.29 is 59.3 Å². The van der Waals surface area contributed by atoms with Crippen molar-refractivity contribution >= 4 is 74.7 Å². The molecule has 6 aliphatic heterocycles. The van der Waals surface area contributed by atoms with Crippen molar-refractivity contribution in [2.24, 2.45) is 0 Å². The number of carbonyl (C=O) groups is 7. The number of imide groups is 1. The van der Waals surface area contributed by atoms with Crippen LogP contribution in [0.5, 0.6) is 5.75 Å². The number of fused-ring (bicyclic) bond motifs is 4. The number of halogens is 1. The summed E-state index contributed by atoms with van der Waals surface area (Å²) in [6, 6.07) is 10.3. The summed E-state index contributed by atoms with van der Waals surface area (Å²) in [5.74, 6) is 1.75. The van der Waals surface area contributed by atoms with Crippen LogP contribution in [0, 0.1) is 19.7 Å². The van der Waals surface area contributed by atoms with Gasteiger partial charge in [0.05, 0.1) is 35.5 Å². The molecule has 2 atom stereocenters. The lowest BCUT2D eigenvalue weighted by Crippen LogP contribution is -2.50. The maximum atomic E-state index is 13.7. The second-order valence-electron chi connectivity index (χ2n) is 27.5. The van der Waals surface area contributed by atoms with E-state index in [1.807, 2.05) is 46.1 Å². The molecule has 536 valence electrons. The molecule has 4 aromatic heterocycles. The minimum absolute atomic E-state index is 0. The first kappa shape index (κ1) is 72.4. The minimum atomic E-state index is -0.595. The topological polar surface area (TPSA) is 276 Å². The van der Waals surface area contributed by atoms with E-state index in [9.17, 15) is 47.5 Å². The molecule has 4 amide bonds. The van der Waals surface area contributed by atoms with Crippen LogP contribution < -0.4 is 15.9 Å². The quantitative estimate of drug-likeness (QED) is 0.0327. The summed E-state index contributed by atoms with van der Waals surface area (Å²) in [6.45, 7) is 16.2. The third kappa shape index (κ3) is 18.4. The first-order valence-corrected chi connectivity index (χ1v) is 36.7. The predicted octanol–water partition coefficient (Wildman–Crippen LogP) is 8.83. The number of rotatable bonds is 28. The average Bonchev–Trinajstić information content (AvgIpc) is 1.30. The fourth-order valence-corrected chi connectivity index (χ4v) is 15.6. The van der Waals surface area contributed by atoms with Gasteiger partial charge in [-0.15, -0.1) is 11.8 Å². The highest BCUT2D eigenvalue weighted by Crippen LogP contribution is 2.36. The van der Waals surface area contributed by atoms with Crippen LogP contribution >= 0.6 is 11.8 Å². The molecule has 0 aliphatic carbocycles. The number of ketones is 3. The lowest BCUT2D eigenvalue weighted by atomic mass is 9.91. The number of carbonyl (C=O) groups excluding carboxylic acids is 7. The third-order valence-corrected chi connectivity index (χ3v) is 21.7. The van der Waals surface area contributed by atoms with Gasteiger partial charge in [-0.2, -0.15) is 0 Å². The highest BCUT2D eigenvalue weighted by molar-refractivity contribution is 8.01. The molecular formula is C73H98FN11O13S. The van der Waals surface area contributed by atoms with Crippen molar-refractivity contribution in [1.82, 2.24) is 53.9 Å². The zero-order valence-electron chi connectivity index (χ0n) is 57.7. The van der Waals surface area contributed by atoms with E-state index in [2.05, 4.69) is 20.1 Å². The number of amides is 4. The van der Waals surface area contributed by atoms with Crippen LogP contribution in [-0.4, -0.2) is 191 Å². The molecule has 10 heterocycles. The Balaban J connectivity index is 0.000000231. The number of benzene rings is 2. The summed E-state index contributed by atoms with van der Waals surface area (Å²) in [6.07, 6.45) is 13.7. The van der Waals surface area contributed by atoms with Gasteiger partial charge in [0.25, 0.3) is 11.1 Å². The van der Waals surface area contributed by atoms with Gasteiger partial charge in [-0.05, 0) is 162 Å². The first-order valence-electron chi connectivity index (χ1n) is 35.7. The number of piperidine rings is 2. The zero-order valence-corrected chi connectivity index (χ0v) is 58.6. The van der Waals surface area contributed by atoms with Crippen LogP contribution in [0.25, 0.3) is 21.9 Å². The number of aromatic nitrogens is 6. The molecule has 12 rings (SSSR count). The Morgan fingerprint density at radius 2 is 1.23 bits per heavy atom. The predicted molar refractivity (Wildman–Crippen MR) is 373 cm³/mol. The smallest absolute Gasteiger partial charge is 0.257 e. The maximum absolute atomic E-state index is 13.7. The third-order valence-electron chi connectivity index (χ3n) is 20.4. The number of aryl methyl sites for hydroxylation is 3. The van der Waals surface area contributed by atoms with Gasteiger partial charge < -0.3 is 42.9 Å². The van der Waals surface area contributed by atoms with E-state index in [1.165, 1.54) is 26.0 Å².